The molecule has 56 heavy (non-hydrogen) atoms. The number of nitrogens with zero attached hydrogens (tertiary/aromatic N) is 3. The van der Waals surface area contributed by atoms with Gasteiger partial charge in [-0.3, -0.25) is 0 Å². The number of rotatable bonds is 6. The predicted octanol–water partition coefficient (Wildman–Crippen LogP) is 14.1. The van der Waals surface area contributed by atoms with Crippen LogP contribution in [0.25, 0.3) is 110 Å². The van der Waals surface area contributed by atoms with Crippen LogP contribution in [0.15, 0.2) is 192 Å². The van der Waals surface area contributed by atoms with Gasteiger partial charge in [0.25, 0.3) is 0 Å². The van der Waals surface area contributed by atoms with Crippen LogP contribution >= 0.6 is 11.3 Å². The van der Waals surface area contributed by atoms with Gasteiger partial charge in [0.15, 0.2) is 17.5 Å². The highest BCUT2D eigenvalue weighted by atomic mass is 32.1. The van der Waals surface area contributed by atoms with E-state index in [1.165, 1.54) is 36.9 Å². The van der Waals surface area contributed by atoms with E-state index < -0.39 is 0 Å². The van der Waals surface area contributed by atoms with Crippen molar-refractivity contribution in [3.63, 3.8) is 0 Å². The van der Waals surface area contributed by atoms with Crippen LogP contribution in [0.4, 0.5) is 0 Å². The molecule has 5 heteroatoms. The van der Waals surface area contributed by atoms with E-state index in [1.54, 1.807) is 0 Å². The van der Waals surface area contributed by atoms with Crippen LogP contribution in [-0.4, -0.2) is 15.0 Å². The number of thiophene rings is 1. The summed E-state index contributed by atoms with van der Waals surface area (Å²) in [6, 6.07) is 65.6. The normalized spacial score (nSPS) is 11.6. The van der Waals surface area contributed by atoms with Crippen molar-refractivity contribution < 1.29 is 4.42 Å². The second-order valence-electron chi connectivity index (χ2n) is 13.9. The molecule has 3 aromatic heterocycles. The molecule has 0 amide bonds. The summed E-state index contributed by atoms with van der Waals surface area (Å²) in [5.74, 6) is 1.82. The van der Waals surface area contributed by atoms with Crippen LogP contribution in [0.5, 0.6) is 0 Å². The SMILES string of the molecule is c1ccc(-c2cccc(-c3nc(-c4ccccc4)nc(-c4cccc5oc6ccc(-c7cccc8sc9cccc(-c%10ccccc%10)c9c78)cc6c45)n3)c2)cc1. The number of furan rings is 1. The number of aromatic nitrogens is 3. The Morgan fingerprint density at radius 1 is 0.321 bits per heavy atom. The van der Waals surface area contributed by atoms with Crippen LogP contribution in [-0.2, 0) is 0 Å². The highest BCUT2D eigenvalue weighted by Gasteiger charge is 2.20. The number of hydrogen-bond donors (Lipinski definition) is 0. The average Bonchev–Trinajstić information content (AvgIpc) is 3.86. The molecule has 11 aromatic rings. The topological polar surface area (TPSA) is 51.8 Å². The van der Waals surface area contributed by atoms with Crippen molar-refractivity contribution in [2.45, 2.75) is 0 Å². The molecule has 0 bridgehead atoms. The lowest BCUT2D eigenvalue weighted by molar-refractivity contribution is 0.669. The maximum atomic E-state index is 6.55. The first kappa shape index (κ1) is 32.2. The van der Waals surface area contributed by atoms with Gasteiger partial charge in [-0.05, 0) is 69.8 Å². The fourth-order valence-corrected chi connectivity index (χ4v) is 9.11. The first-order chi connectivity index (χ1) is 27.7. The highest BCUT2D eigenvalue weighted by Crippen LogP contribution is 2.45. The molecule has 8 aromatic carbocycles. The molecule has 0 unspecified atom stereocenters. The second kappa shape index (κ2) is 13.3. The number of fused-ring (bicyclic) bond motifs is 6. The molecule has 4 nitrogen and oxygen atoms in total. The fraction of sp³-hybridized carbons (Fsp3) is 0. The smallest absolute Gasteiger partial charge is 0.164 e. The summed E-state index contributed by atoms with van der Waals surface area (Å²) in [7, 11) is 0. The zero-order chi connectivity index (χ0) is 37.0. The van der Waals surface area contributed by atoms with Crippen LogP contribution in [0.2, 0.25) is 0 Å². The molecular weight excluding hydrogens is 703 g/mol. The van der Waals surface area contributed by atoms with Crippen molar-refractivity contribution in [1.82, 2.24) is 15.0 Å². The lowest BCUT2D eigenvalue weighted by Crippen LogP contribution is -2.00. The lowest BCUT2D eigenvalue weighted by Gasteiger charge is -2.11. The molecule has 0 saturated heterocycles. The molecule has 0 aliphatic carbocycles. The van der Waals surface area contributed by atoms with E-state index in [4.69, 9.17) is 19.4 Å². The van der Waals surface area contributed by atoms with E-state index in [0.717, 1.165) is 55.3 Å². The average molecular weight is 734 g/mol. The summed E-state index contributed by atoms with van der Waals surface area (Å²) < 4.78 is 9.09. The molecule has 11 rings (SSSR count). The zero-order valence-corrected chi connectivity index (χ0v) is 30.9. The van der Waals surface area contributed by atoms with Crippen molar-refractivity contribution in [3.8, 4) is 67.5 Å². The van der Waals surface area contributed by atoms with Crippen molar-refractivity contribution in [2.75, 3.05) is 0 Å². The Morgan fingerprint density at radius 2 is 0.857 bits per heavy atom. The maximum Gasteiger partial charge on any atom is 0.164 e. The highest BCUT2D eigenvalue weighted by molar-refractivity contribution is 7.26. The van der Waals surface area contributed by atoms with Gasteiger partial charge in [-0.25, -0.2) is 15.0 Å². The van der Waals surface area contributed by atoms with Crippen LogP contribution in [0.3, 0.4) is 0 Å². The second-order valence-corrected chi connectivity index (χ2v) is 15.0. The number of benzene rings is 8. The lowest BCUT2D eigenvalue weighted by atomic mass is 9.94. The molecule has 262 valence electrons. The Labute approximate surface area is 327 Å². The summed E-state index contributed by atoms with van der Waals surface area (Å²) in [5, 5.41) is 4.55. The molecule has 0 fully saturated rings. The summed E-state index contributed by atoms with van der Waals surface area (Å²) in [5.41, 5.74) is 11.4. The van der Waals surface area contributed by atoms with Gasteiger partial charge >= 0.3 is 0 Å². The van der Waals surface area contributed by atoms with E-state index in [9.17, 15) is 0 Å². The van der Waals surface area contributed by atoms with Crippen LogP contribution in [0.1, 0.15) is 0 Å². The quantitative estimate of drug-likeness (QED) is 0.171. The number of hydrogen-bond acceptors (Lipinski definition) is 5. The Balaban J connectivity index is 1.12. The molecule has 0 saturated carbocycles. The third-order valence-electron chi connectivity index (χ3n) is 10.5. The first-order valence-corrected chi connectivity index (χ1v) is 19.5. The van der Waals surface area contributed by atoms with Gasteiger partial charge in [0.2, 0.25) is 0 Å². The molecule has 0 atom stereocenters. The van der Waals surface area contributed by atoms with Gasteiger partial charge in [0, 0.05) is 47.6 Å². The molecule has 3 heterocycles. The molecule has 0 radical (unpaired) electrons. The summed E-state index contributed by atoms with van der Waals surface area (Å²) in [6.45, 7) is 0. The third-order valence-corrected chi connectivity index (χ3v) is 11.7. The van der Waals surface area contributed by atoms with Gasteiger partial charge < -0.3 is 4.42 Å². The first-order valence-electron chi connectivity index (χ1n) is 18.7. The van der Waals surface area contributed by atoms with Gasteiger partial charge in [0.05, 0.1) is 0 Å². The van der Waals surface area contributed by atoms with Crippen molar-refractivity contribution >= 4 is 53.4 Å². The van der Waals surface area contributed by atoms with E-state index in [2.05, 4.69) is 140 Å². The Morgan fingerprint density at radius 3 is 1.57 bits per heavy atom. The van der Waals surface area contributed by atoms with Gasteiger partial charge in [0.1, 0.15) is 11.2 Å². The van der Waals surface area contributed by atoms with Gasteiger partial charge in [-0.2, -0.15) is 0 Å². The monoisotopic (exact) mass is 733 g/mol. The molecule has 0 aliphatic heterocycles. The van der Waals surface area contributed by atoms with Gasteiger partial charge in [-0.15, -0.1) is 11.3 Å². The largest absolute Gasteiger partial charge is 0.456 e. The van der Waals surface area contributed by atoms with E-state index >= 15 is 0 Å². The maximum absolute atomic E-state index is 6.55. The van der Waals surface area contributed by atoms with E-state index in [-0.39, 0.29) is 0 Å². The van der Waals surface area contributed by atoms with Crippen molar-refractivity contribution in [3.05, 3.63) is 188 Å². The molecule has 0 spiro atoms. The Kier molecular flexibility index (Phi) is 7.64. The third kappa shape index (κ3) is 5.48. The summed E-state index contributed by atoms with van der Waals surface area (Å²) in [6.07, 6.45) is 0. The van der Waals surface area contributed by atoms with Crippen molar-refractivity contribution in [2.24, 2.45) is 0 Å². The Bertz CT molecular complexity index is 3240. The van der Waals surface area contributed by atoms with E-state index in [1.807, 2.05) is 59.9 Å². The molecule has 0 aliphatic rings. The minimum Gasteiger partial charge on any atom is -0.456 e. The van der Waals surface area contributed by atoms with Gasteiger partial charge in [-0.1, -0.05) is 152 Å². The van der Waals surface area contributed by atoms with Crippen molar-refractivity contribution in [1.29, 1.82) is 0 Å². The minimum absolute atomic E-state index is 0.594. The summed E-state index contributed by atoms with van der Waals surface area (Å²) in [4.78, 5) is 15.4. The van der Waals surface area contributed by atoms with Crippen LogP contribution < -0.4 is 0 Å². The zero-order valence-electron chi connectivity index (χ0n) is 30.1. The molecular formula is C51H31N3OS. The standard InChI is InChI=1S/C51H31N3OS/c1-4-14-32(15-5-1)35-20-10-21-37(30-35)50-52-49(34-18-8-3-9-19-34)53-51(54-50)40-24-11-25-43-46(40)41-31-36(28-29-42(41)55-43)39-23-13-27-45-48(39)47-38(22-12-26-44(47)56-45)33-16-6-2-7-17-33/h1-31H. The predicted molar refractivity (Wildman–Crippen MR) is 233 cm³/mol. The summed E-state index contributed by atoms with van der Waals surface area (Å²) >= 11 is 1.84. The van der Waals surface area contributed by atoms with E-state index in [0.29, 0.717) is 17.5 Å². The fourth-order valence-electron chi connectivity index (χ4n) is 7.96. The Hall–Kier alpha value is -7.21. The van der Waals surface area contributed by atoms with Crippen LogP contribution in [0, 0.1) is 0 Å². The minimum atomic E-state index is 0.594. The molecule has 0 N–H and O–H groups in total.